The lowest BCUT2D eigenvalue weighted by molar-refractivity contribution is 0.466. The maximum absolute atomic E-state index is 9.83. The minimum Gasteiger partial charge on any atom is -0.506 e. The minimum absolute atomic E-state index is 0.0284. The maximum atomic E-state index is 9.83. The van der Waals surface area contributed by atoms with Crippen LogP contribution in [0.25, 0.3) is 11.0 Å². The molecule has 0 radical (unpaired) electrons. The van der Waals surface area contributed by atoms with Gasteiger partial charge in [-0.3, -0.25) is 0 Å². The van der Waals surface area contributed by atoms with Crippen LogP contribution in [-0.2, 0) is 6.42 Å². The van der Waals surface area contributed by atoms with Crippen molar-refractivity contribution >= 4 is 22.6 Å². The molecular weight excluding hydrogens is 214 g/mol. The molecule has 2 aromatic rings. The van der Waals surface area contributed by atoms with Crippen LogP contribution in [0.4, 0.5) is 0 Å². The number of halogens is 1. The summed E-state index contributed by atoms with van der Waals surface area (Å²) in [7, 11) is 0. The molecule has 0 aliphatic heterocycles. The molecule has 15 heavy (non-hydrogen) atoms. The molecule has 3 N–H and O–H groups in total. The summed E-state index contributed by atoms with van der Waals surface area (Å²) in [5.74, 6) is 0.0999. The molecule has 0 bridgehead atoms. The zero-order valence-corrected chi connectivity index (χ0v) is 9.08. The number of fused-ring (bicyclic) bond motifs is 1. The van der Waals surface area contributed by atoms with Crippen LogP contribution < -0.4 is 5.73 Å². The molecule has 1 heterocycles. The first-order chi connectivity index (χ1) is 7.09. The first kappa shape index (κ1) is 10.3. The Morgan fingerprint density at radius 2 is 2.33 bits per heavy atom. The van der Waals surface area contributed by atoms with Crippen LogP contribution in [0.5, 0.6) is 5.75 Å². The van der Waals surface area contributed by atoms with E-state index in [9.17, 15) is 5.11 Å². The van der Waals surface area contributed by atoms with Crippen molar-refractivity contribution < 1.29 is 9.52 Å². The fourth-order valence-electron chi connectivity index (χ4n) is 1.61. The molecule has 1 unspecified atom stereocenters. The summed E-state index contributed by atoms with van der Waals surface area (Å²) < 4.78 is 5.24. The summed E-state index contributed by atoms with van der Waals surface area (Å²) >= 11 is 6.01. The standard InChI is InChI=1S/C11H12ClNO2/c1-6(13)4-7-5-9-8(2-3-15-9)10(12)11(7)14/h2-3,5-6,14H,4,13H2,1H3. The molecule has 0 fully saturated rings. The summed E-state index contributed by atoms with van der Waals surface area (Å²) in [6.45, 7) is 1.87. The third-order valence-electron chi connectivity index (χ3n) is 2.29. The highest BCUT2D eigenvalue weighted by Crippen LogP contribution is 2.36. The van der Waals surface area contributed by atoms with Crippen LogP contribution in [0, 0.1) is 0 Å². The quantitative estimate of drug-likeness (QED) is 0.826. The highest BCUT2D eigenvalue weighted by atomic mass is 35.5. The Hall–Kier alpha value is -1.19. The Morgan fingerprint density at radius 1 is 1.60 bits per heavy atom. The highest BCUT2D eigenvalue weighted by Gasteiger charge is 2.13. The van der Waals surface area contributed by atoms with Crippen molar-refractivity contribution in [1.29, 1.82) is 0 Å². The SMILES string of the molecule is CC(N)Cc1cc2occc2c(Cl)c1O. The van der Waals surface area contributed by atoms with Crippen LogP contribution in [0.1, 0.15) is 12.5 Å². The number of aromatic hydroxyl groups is 1. The van der Waals surface area contributed by atoms with Crippen molar-refractivity contribution in [2.24, 2.45) is 5.73 Å². The van der Waals surface area contributed by atoms with Gasteiger partial charge in [0.15, 0.2) is 0 Å². The van der Waals surface area contributed by atoms with Gasteiger partial charge in [0.05, 0.1) is 11.3 Å². The number of phenolic OH excluding ortho intramolecular Hbond substituents is 1. The van der Waals surface area contributed by atoms with E-state index in [-0.39, 0.29) is 11.8 Å². The lowest BCUT2D eigenvalue weighted by Gasteiger charge is -2.09. The largest absolute Gasteiger partial charge is 0.506 e. The Kier molecular flexibility index (Phi) is 2.59. The highest BCUT2D eigenvalue weighted by molar-refractivity contribution is 6.36. The second-order valence-corrected chi connectivity index (χ2v) is 4.09. The molecule has 4 heteroatoms. The van der Waals surface area contributed by atoms with Crippen LogP contribution in [0.2, 0.25) is 5.02 Å². The monoisotopic (exact) mass is 225 g/mol. The number of nitrogens with two attached hydrogens (primary N) is 1. The molecule has 0 saturated carbocycles. The van der Waals surface area contributed by atoms with Gasteiger partial charge in [0, 0.05) is 17.0 Å². The third-order valence-corrected chi connectivity index (χ3v) is 2.67. The number of phenols is 1. The molecule has 1 aromatic carbocycles. The lowest BCUT2D eigenvalue weighted by atomic mass is 10.0. The molecule has 0 aliphatic carbocycles. The van der Waals surface area contributed by atoms with Crippen LogP contribution in [0.15, 0.2) is 22.8 Å². The normalized spacial score (nSPS) is 13.3. The zero-order valence-electron chi connectivity index (χ0n) is 8.33. The predicted molar refractivity (Wildman–Crippen MR) is 60.2 cm³/mol. The topological polar surface area (TPSA) is 59.4 Å². The van der Waals surface area contributed by atoms with E-state index < -0.39 is 0 Å². The van der Waals surface area contributed by atoms with Crippen LogP contribution in [-0.4, -0.2) is 11.1 Å². The molecule has 1 atom stereocenters. The second-order valence-electron chi connectivity index (χ2n) is 3.71. The molecule has 1 aromatic heterocycles. The molecule has 0 spiro atoms. The zero-order chi connectivity index (χ0) is 11.0. The fourth-order valence-corrected chi connectivity index (χ4v) is 1.89. The van der Waals surface area contributed by atoms with E-state index in [2.05, 4.69) is 0 Å². The third kappa shape index (κ3) is 1.80. The Labute approximate surface area is 92.4 Å². The van der Waals surface area contributed by atoms with E-state index in [0.29, 0.717) is 17.0 Å². The predicted octanol–water partition coefficient (Wildman–Crippen LogP) is 2.68. The number of hydrogen-bond donors (Lipinski definition) is 2. The van der Waals surface area contributed by atoms with Crippen molar-refractivity contribution in [3.8, 4) is 5.75 Å². The second kappa shape index (κ2) is 3.76. The van der Waals surface area contributed by atoms with Gasteiger partial charge >= 0.3 is 0 Å². The van der Waals surface area contributed by atoms with Gasteiger partial charge in [0.1, 0.15) is 11.3 Å². The molecule has 80 valence electrons. The van der Waals surface area contributed by atoms with E-state index in [4.69, 9.17) is 21.8 Å². The van der Waals surface area contributed by atoms with Gasteiger partial charge in [-0.15, -0.1) is 0 Å². The average molecular weight is 226 g/mol. The first-order valence-electron chi connectivity index (χ1n) is 4.72. The Morgan fingerprint density at radius 3 is 3.00 bits per heavy atom. The smallest absolute Gasteiger partial charge is 0.138 e. The van der Waals surface area contributed by atoms with Gasteiger partial charge in [-0.25, -0.2) is 0 Å². The Balaban J connectivity index is 2.59. The maximum Gasteiger partial charge on any atom is 0.138 e. The van der Waals surface area contributed by atoms with Crippen molar-refractivity contribution in [2.45, 2.75) is 19.4 Å². The summed E-state index contributed by atoms with van der Waals surface area (Å²) in [4.78, 5) is 0. The molecule has 0 saturated heterocycles. The Bertz CT molecular complexity index is 491. The minimum atomic E-state index is -0.0284. The number of benzene rings is 1. The van der Waals surface area contributed by atoms with Crippen LogP contribution in [0.3, 0.4) is 0 Å². The van der Waals surface area contributed by atoms with E-state index in [1.54, 1.807) is 18.4 Å². The van der Waals surface area contributed by atoms with Crippen molar-refractivity contribution in [2.75, 3.05) is 0 Å². The first-order valence-corrected chi connectivity index (χ1v) is 5.10. The van der Waals surface area contributed by atoms with Gasteiger partial charge < -0.3 is 15.3 Å². The summed E-state index contributed by atoms with van der Waals surface area (Å²) in [5.41, 5.74) is 7.07. The summed E-state index contributed by atoms with van der Waals surface area (Å²) in [5, 5.41) is 10.9. The van der Waals surface area contributed by atoms with Gasteiger partial charge in [-0.1, -0.05) is 11.6 Å². The van der Waals surface area contributed by atoms with E-state index >= 15 is 0 Å². The lowest BCUT2D eigenvalue weighted by Crippen LogP contribution is -2.17. The van der Waals surface area contributed by atoms with Gasteiger partial charge in [0.25, 0.3) is 0 Å². The molecule has 3 nitrogen and oxygen atoms in total. The van der Waals surface area contributed by atoms with E-state index in [1.807, 2.05) is 6.92 Å². The summed E-state index contributed by atoms with van der Waals surface area (Å²) in [6, 6.07) is 3.48. The van der Waals surface area contributed by atoms with Gasteiger partial charge in [0.2, 0.25) is 0 Å². The molecule has 0 amide bonds. The van der Waals surface area contributed by atoms with Gasteiger partial charge in [-0.2, -0.15) is 0 Å². The fraction of sp³-hybridized carbons (Fsp3) is 0.273. The van der Waals surface area contributed by atoms with Crippen molar-refractivity contribution in [3.05, 3.63) is 29.0 Å². The molecular formula is C11H12ClNO2. The van der Waals surface area contributed by atoms with E-state index in [1.165, 1.54) is 0 Å². The van der Waals surface area contributed by atoms with E-state index in [0.717, 1.165) is 10.9 Å². The van der Waals surface area contributed by atoms with Crippen molar-refractivity contribution in [3.63, 3.8) is 0 Å². The summed E-state index contributed by atoms with van der Waals surface area (Å²) in [6.07, 6.45) is 2.12. The molecule has 0 aliphatic rings. The number of rotatable bonds is 2. The van der Waals surface area contributed by atoms with Crippen LogP contribution >= 0.6 is 11.6 Å². The number of furan rings is 1. The molecule has 2 rings (SSSR count). The van der Waals surface area contributed by atoms with Gasteiger partial charge in [-0.05, 0) is 25.5 Å². The average Bonchev–Trinajstić information content (AvgIpc) is 2.61. The van der Waals surface area contributed by atoms with Crippen molar-refractivity contribution in [1.82, 2.24) is 0 Å². The number of hydrogen-bond acceptors (Lipinski definition) is 3.